The van der Waals surface area contributed by atoms with E-state index in [1.54, 1.807) is 30.3 Å². The van der Waals surface area contributed by atoms with Crippen LogP contribution in [0.15, 0.2) is 42.5 Å². The second-order valence-electron chi connectivity index (χ2n) is 3.65. The summed E-state index contributed by atoms with van der Waals surface area (Å²) in [7, 11) is 0. The molecule has 0 atom stereocenters. The number of nitrogens with two attached hydrogens (primary N) is 1. The number of hydrogen-bond donors (Lipinski definition) is 2. The minimum absolute atomic E-state index is 0.139. The molecule has 0 heterocycles. The van der Waals surface area contributed by atoms with Crippen LogP contribution in [-0.2, 0) is 6.42 Å². The molecule has 2 aromatic rings. The quantitative estimate of drug-likeness (QED) is 0.600. The van der Waals surface area contributed by atoms with Gasteiger partial charge in [-0.25, -0.2) is 4.39 Å². The molecule has 0 amide bonds. The summed E-state index contributed by atoms with van der Waals surface area (Å²) in [5, 5.41) is 9.34. The summed E-state index contributed by atoms with van der Waals surface area (Å²) in [5.41, 5.74) is 7.61. The van der Waals surface area contributed by atoms with E-state index < -0.39 is 0 Å². The Morgan fingerprint density at radius 1 is 1.06 bits per heavy atom. The van der Waals surface area contributed by atoms with Crippen molar-refractivity contribution < 1.29 is 9.50 Å². The predicted octanol–water partition coefficient (Wildman–Crippen LogP) is 2.70. The topological polar surface area (TPSA) is 46.2 Å². The van der Waals surface area contributed by atoms with E-state index in [0.29, 0.717) is 17.7 Å². The average Bonchev–Trinajstić information content (AvgIpc) is 2.27. The Labute approximate surface area is 93.2 Å². The lowest BCUT2D eigenvalue weighted by molar-refractivity contribution is 0.474. The standard InChI is InChI=1S/C13H12FNO/c14-12-4-2-1-3-9(12)7-10-8-11(16)5-6-13(10)15/h1-6,8,16H,7,15H2. The van der Waals surface area contributed by atoms with Gasteiger partial charge in [0.25, 0.3) is 0 Å². The van der Waals surface area contributed by atoms with Crippen LogP contribution in [0.1, 0.15) is 11.1 Å². The number of rotatable bonds is 2. The van der Waals surface area contributed by atoms with Crippen molar-refractivity contribution in [2.75, 3.05) is 5.73 Å². The molecule has 0 aliphatic rings. The molecule has 0 aliphatic carbocycles. The zero-order valence-corrected chi connectivity index (χ0v) is 8.65. The van der Waals surface area contributed by atoms with E-state index in [1.807, 2.05) is 0 Å². The Bertz CT molecular complexity index is 511. The number of phenolic OH excluding ortho intramolecular Hbond substituents is 1. The van der Waals surface area contributed by atoms with Crippen molar-refractivity contribution in [3.8, 4) is 5.75 Å². The minimum Gasteiger partial charge on any atom is -0.508 e. The highest BCUT2D eigenvalue weighted by molar-refractivity contribution is 5.52. The molecule has 82 valence electrons. The van der Waals surface area contributed by atoms with Crippen LogP contribution >= 0.6 is 0 Å². The monoisotopic (exact) mass is 217 g/mol. The van der Waals surface area contributed by atoms with E-state index in [9.17, 15) is 9.50 Å². The highest BCUT2D eigenvalue weighted by Crippen LogP contribution is 2.22. The summed E-state index contributed by atoms with van der Waals surface area (Å²) in [6, 6.07) is 11.2. The van der Waals surface area contributed by atoms with E-state index in [1.165, 1.54) is 12.1 Å². The van der Waals surface area contributed by atoms with Gasteiger partial charge in [-0.1, -0.05) is 18.2 Å². The SMILES string of the molecule is Nc1ccc(O)cc1Cc1ccccc1F. The predicted molar refractivity (Wildman–Crippen MR) is 61.7 cm³/mol. The van der Waals surface area contributed by atoms with E-state index in [0.717, 1.165) is 5.56 Å². The normalized spacial score (nSPS) is 10.3. The van der Waals surface area contributed by atoms with Crippen LogP contribution in [0.25, 0.3) is 0 Å². The van der Waals surface area contributed by atoms with Crippen molar-refractivity contribution in [3.05, 3.63) is 59.4 Å². The fraction of sp³-hybridized carbons (Fsp3) is 0.0769. The number of anilines is 1. The first-order chi connectivity index (χ1) is 7.66. The van der Waals surface area contributed by atoms with Gasteiger partial charge in [0.1, 0.15) is 11.6 Å². The molecule has 3 N–H and O–H groups in total. The molecule has 2 nitrogen and oxygen atoms in total. The molecule has 0 saturated carbocycles. The molecular formula is C13H12FNO. The first kappa shape index (κ1) is 10.5. The first-order valence-electron chi connectivity index (χ1n) is 4.97. The Kier molecular flexibility index (Phi) is 2.77. The van der Waals surface area contributed by atoms with Gasteiger partial charge in [0.05, 0.1) is 0 Å². The van der Waals surface area contributed by atoms with Crippen LogP contribution in [0.4, 0.5) is 10.1 Å². The van der Waals surface area contributed by atoms with E-state index in [2.05, 4.69) is 0 Å². The van der Waals surface area contributed by atoms with Crippen LogP contribution in [0.2, 0.25) is 0 Å². The first-order valence-corrected chi connectivity index (χ1v) is 4.97. The van der Waals surface area contributed by atoms with Crippen LogP contribution in [-0.4, -0.2) is 5.11 Å². The maximum absolute atomic E-state index is 13.4. The molecule has 0 fully saturated rings. The molecule has 16 heavy (non-hydrogen) atoms. The Hall–Kier alpha value is -2.03. The molecule has 2 aromatic carbocycles. The van der Waals surface area contributed by atoms with Gasteiger partial charge in [0.15, 0.2) is 0 Å². The van der Waals surface area contributed by atoms with Gasteiger partial charge < -0.3 is 10.8 Å². The van der Waals surface area contributed by atoms with E-state index >= 15 is 0 Å². The number of benzene rings is 2. The Balaban J connectivity index is 2.34. The summed E-state index contributed by atoms with van der Waals surface area (Å²) < 4.78 is 13.4. The third-order valence-corrected chi connectivity index (χ3v) is 2.47. The third-order valence-electron chi connectivity index (χ3n) is 2.47. The fourth-order valence-electron chi connectivity index (χ4n) is 1.59. The van der Waals surface area contributed by atoms with Crippen molar-refractivity contribution in [3.63, 3.8) is 0 Å². The van der Waals surface area contributed by atoms with Crippen molar-refractivity contribution >= 4 is 5.69 Å². The highest BCUT2D eigenvalue weighted by Gasteiger charge is 2.05. The second kappa shape index (κ2) is 4.23. The average molecular weight is 217 g/mol. The lowest BCUT2D eigenvalue weighted by Crippen LogP contribution is -1.97. The fourth-order valence-corrected chi connectivity index (χ4v) is 1.59. The summed E-state index contributed by atoms with van der Waals surface area (Å²) in [5.74, 6) is -0.120. The molecule has 0 spiro atoms. The number of hydrogen-bond acceptors (Lipinski definition) is 2. The minimum atomic E-state index is -0.259. The summed E-state index contributed by atoms with van der Waals surface area (Å²) in [6.07, 6.45) is 0.382. The van der Waals surface area contributed by atoms with Gasteiger partial charge >= 0.3 is 0 Å². The molecule has 0 radical (unpaired) electrons. The van der Waals surface area contributed by atoms with E-state index in [-0.39, 0.29) is 11.6 Å². The molecule has 0 unspecified atom stereocenters. The molecular weight excluding hydrogens is 205 g/mol. The number of nitrogen functional groups attached to an aromatic ring is 1. The zero-order valence-electron chi connectivity index (χ0n) is 8.65. The van der Waals surface area contributed by atoms with E-state index in [4.69, 9.17) is 5.73 Å². The van der Waals surface area contributed by atoms with Crippen LogP contribution in [0, 0.1) is 5.82 Å². The van der Waals surface area contributed by atoms with Gasteiger partial charge in [0, 0.05) is 12.1 Å². The highest BCUT2D eigenvalue weighted by atomic mass is 19.1. The molecule has 0 aromatic heterocycles. The second-order valence-corrected chi connectivity index (χ2v) is 3.65. The molecule has 0 bridgehead atoms. The maximum Gasteiger partial charge on any atom is 0.126 e. The molecule has 0 aliphatic heterocycles. The summed E-state index contributed by atoms with van der Waals surface area (Å²) in [4.78, 5) is 0. The lowest BCUT2D eigenvalue weighted by Gasteiger charge is -2.07. The maximum atomic E-state index is 13.4. The van der Waals surface area contributed by atoms with Gasteiger partial charge in [0.2, 0.25) is 0 Å². The van der Waals surface area contributed by atoms with Crippen LogP contribution in [0.3, 0.4) is 0 Å². The van der Waals surface area contributed by atoms with Gasteiger partial charge in [-0.3, -0.25) is 0 Å². The molecule has 3 heteroatoms. The van der Waals surface area contributed by atoms with Gasteiger partial charge in [-0.05, 0) is 35.4 Å². The Morgan fingerprint density at radius 2 is 1.81 bits per heavy atom. The molecule has 2 rings (SSSR count). The van der Waals surface area contributed by atoms with Crippen molar-refractivity contribution in [1.82, 2.24) is 0 Å². The van der Waals surface area contributed by atoms with Crippen molar-refractivity contribution in [1.29, 1.82) is 0 Å². The lowest BCUT2D eigenvalue weighted by atomic mass is 10.0. The van der Waals surface area contributed by atoms with Gasteiger partial charge in [-0.2, -0.15) is 0 Å². The smallest absolute Gasteiger partial charge is 0.126 e. The van der Waals surface area contributed by atoms with Crippen molar-refractivity contribution in [2.24, 2.45) is 0 Å². The third kappa shape index (κ3) is 2.14. The molecule has 0 saturated heterocycles. The van der Waals surface area contributed by atoms with Crippen LogP contribution < -0.4 is 5.73 Å². The van der Waals surface area contributed by atoms with Gasteiger partial charge in [-0.15, -0.1) is 0 Å². The largest absolute Gasteiger partial charge is 0.508 e. The summed E-state index contributed by atoms with van der Waals surface area (Å²) >= 11 is 0. The zero-order chi connectivity index (χ0) is 11.5. The number of aromatic hydroxyl groups is 1. The van der Waals surface area contributed by atoms with Crippen molar-refractivity contribution in [2.45, 2.75) is 6.42 Å². The Morgan fingerprint density at radius 3 is 2.56 bits per heavy atom. The number of halogens is 1. The summed E-state index contributed by atoms with van der Waals surface area (Å²) in [6.45, 7) is 0. The number of phenols is 1. The van der Waals surface area contributed by atoms with Crippen LogP contribution in [0.5, 0.6) is 5.75 Å².